The third kappa shape index (κ3) is 3.90. The van der Waals surface area contributed by atoms with Gasteiger partial charge in [0.1, 0.15) is 12.6 Å². The predicted molar refractivity (Wildman–Crippen MR) is 88.2 cm³/mol. The number of likely N-dealkylation sites (N-methyl/N-ethyl adjacent to an activating group) is 1. The Morgan fingerprint density at radius 2 is 2.12 bits per heavy atom. The minimum atomic E-state index is -0.466. The summed E-state index contributed by atoms with van der Waals surface area (Å²) in [5.41, 5.74) is 0. The molecule has 0 spiro atoms. The highest BCUT2D eigenvalue weighted by Gasteiger charge is 2.27. The number of para-hydroxylation sites is 2. The molecule has 7 nitrogen and oxygen atoms in total. The van der Waals surface area contributed by atoms with Crippen molar-refractivity contribution in [2.75, 3.05) is 26.7 Å². The summed E-state index contributed by atoms with van der Waals surface area (Å²) in [4.78, 5) is 25.8. The van der Waals surface area contributed by atoms with Gasteiger partial charge >= 0.3 is 6.03 Å². The largest absolute Gasteiger partial charge is 0.486 e. The fraction of sp³-hybridized carbons (Fsp3) is 0.529. The number of hydrogen-bond acceptors (Lipinski definition) is 4. The van der Waals surface area contributed by atoms with Crippen LogP contribution in [0, 0.1) is 0 Å². The molecule has 3 amide bonds. The van der Waals surface area contributed by atoms with Crippen LogP contribution in [0.15, 0.2) is 24.3 Å². The molecule has 3 rings (SSSR count). The molecule has 0 bridgehead atoms. The number of amides is 3. The third-order valence-electron chi connectivity index (χ3n) is 4.22. The monoisotopic (exact) mass is 333 g/mol. The van der Waals surface area contributed by atoms with Gasteiger partial charge in [-0.1, -0.05) is 12.1 Å². The van der Waals surface area contributed by atoms with Gasteiger partial charge in [0.25, 0.3) is 0 Å². The van der Waals surface area contributed by atoms with Crippen LogP contribution in [0.25, 0.3) is 0 Å². The van der Waals surface area contributed by atoms with E-state index in [-0.39, 0.29) is 18.0 Å². The summed E-state index contributed by atoms with van der Waals surface area (Å²) in [6.45, 7) is 1.45. The van der Waals surface area contributed by atoms with Crippen LogP contribution in [0.5, 0.6) is 11.5 Å². The van der Waals surface area contributed by atoms with E-state index in [1.807, 2.05) is 24.3 Å². The molecular formula is C17H23N3O4. The van der Waals surface area contributed by atoms with Gasteiger partial charge in [0, 0.05) is 13.6 Å². The molecule has 2 aliphatic heterocycles. The third-order valence-corrected chi connectivity index (χ3v) is 4.22. The smallest absolute Gasteiger partial charge is 0.317 e. The van der Waals surface area contributed by atoms with E-state index in [0.29, 0.717) is 31.9 Å². The first-order chi connectivity index (χ1) is 11.6. The molecule has 24 heavy (non-hydrogen) atoms. The normalized spacial score (nSPS) is 23.0. The van der Waals surface area contributed by atoms with Gasteiger partial charge < -0.3 is 25.0 Å². The first-order valence-electron chi connectivity index (χ1n) is 8.31. The molecule has 0 aromatic heterocycles. The van der Waals surface area contributed by atoms with Crippen LogP contribution < -0.4 is 20.1 Å². The van der Waals surface area contributed by atoms with Crippen molar-refractivity contribution in [2.24, 2.45) is 0 Å². The number of urea groups is 1. The molecule has 2 N–H and O–H groups in total. The van der Waals surface area contributed by atoms with Crippen molar-refractivity contribution < 1.29 is 19.1 Å². The number of rotatable bonds is 3. The lowest BCUT2D eigenvalue weighted by Crippen LogP contribution is -2.51. The fourth-order valence-electron chi connectivity index (χ4n) is 2.88. The number of nitrogens with one attached hydrogen (secondary N) is 2. The van der Waals surface area contributed by atoms with E-state index in [2.05, 4.69) is 10.6 Å². The maximum atomic E-state index is 12.3. The van der Waals surface area contributed by atoms with E-state index in [0.717, 1.165) is 18.6 Å². The molecule has 0 aliphatic carbocycles. The first-order valence-corrected chi connectivity index (χ1v) is 8.31. The molecule has 1 fully saturated rings. The standard InChI is InChI=1S/C17H23N3O4/c1-20(17(22)19-13-6-4-5-9-18-16(13)21)10-12-11-23-14-7-2-3-8-15(14)24-12/h2-3,7-8,12-13H,4-6,9-11H2,1H3,(H,18,21)(H,19,22)/t12-,13+/m1/s1. The highest BCUT2D eigenvalue weighted by Crippen LogP contribution is 2.30. The summed E-state index contributed by atoms with van der Waals surface area (Å²) in [5, 5.41) is 5.61. The van der Waals surface area contributed by atoms with Gasteiger partial charge in [-0.25, -0.2) is 4.79 Å². The van der Waals surface area contributed by atoms with Crippen LogP contribution in [0.2, 0.25) is 0 Å². The Morgan fingerprint density at radius 3 is 2.96 bits per heavy atom. The number of carbonyl (C=O) groups excluding carboxylic acids is 2. The Kier molecular flexibility index (Phi) is 5.08. The average Bonchev–Trinajstić information content (AvgIpc) is 2.79. The van der Waals surface area contributed by atoms with Crippen LogP contribution in [0.4, 0.5) is 4.79 Å². The molecule has 7 heteroatoms. The van der Waals surface area contributed by atoms with Gasteiger partial charge in [-0.2, -0.15) is 0 Å². The van der Waals surface area contributed by atoms with Crippen molar-refractivity contribution in [1.82, 2.24) is 15.5 Å². The molecule has 0 unspecified atom stereocenters. The van der Waals surface area contributed by atoms with Crippen molar-refractivity contribution in [3.8, 4) is 11.5 Å². The molecule has 2 atom stereocenters. The van der Waals surface area contributed by atoms with Crippen molar-refractivity contribution in [3.63, 3.8) is 0 Å². The summed E-state index contributed by atoms with van der Waals surface area (Å²) in [5.74, 6) is 1.29. The lowest BCUT2D eigenvalue weighted by Gasteiger charge is -2.30. The molecule has 130 valence electrons. The van der Waals surface area contributed by atoms with Crippen LogP contribution in [0.1, 0.15) is 19.3 Å². The molecule has 2 aliphatic rings. The summed E-state index contributed by atoms with van der Waals surface area (Å²) in [7, 11) is 1.69. The fourth-order valence-corrected chi connectivity index (χ4v) is 2.88. The topological polar surface area (TPSA) is 79.9 Å². The minimum absolute atomic E-state index is 0.111. The zero-order chi connectivity index (χ0) is 16.9. The second-order valence-corrected chi connectivity index (χ2v) is 6.17. The van der Waals surface area contributed by atoms with Gasteiger partial charge in [-0.3, -0.25) is 4.79 Å². The zero-order valence-electron chi connectivity index (χ0n) is 13.8. The quantitative estimate of drug-likeness (QED) is 0.869. The van der Waals surface area contributed by atoms with Crippen molar-refractivity contribution in [2.45, 2.75) is 31.4 Å². The number of benzene rings is 1. The van der Waals surface area contributed by atoms with Crippen LogP contribution in [-0.4, -0.2) is 55.7 Å². The predicted octanol–water partition coefficient (Wildman–Crippen LogP) is 1.14. The van der Waals surface area contributed by atoms with Crippen LogP contribution in [0.3, 0.4) is 0 Å². The highest BCUT2D eigenvalue weighted by molar-refractivity contribution is 5.87. The van der Waals surface area contributed by atoms with E-state index in [9.17, 15) is 9.59 Å². The Bertz CT molecular complexity index is 607. The summed E-state index contributed by atoms with van der Waals surface area (Å²) < 4.78 is 11.5. The molecule has 0 radical (unpaired) electrons. The summed E-state index contributed by atoms with van der Waals surface area (Å²) >= 11 is 0. The van der Waals surface area contributed by atoms with Crippen molar-refractivity contribution in [3.05, 3.63) is 24.3 Å². The van der Waals surface area contributed by atoms with Gasteiger partial charge in [0.2, 0.25) is 5.91 Å². The maximum Gasteiger partial charge on any atom is 0.317 e. The second kappa shape index (κ2) is 7.42. The van der Waals surface area contributed by atoms with Crippen LogP contribution >= 0.6 is 0 Å². The van der Waals surface area contributed by atoms with Crippen LogP contribution in [-0.2, 0) is 4.79 Å². The molecule has 1 saturated heterocycles. The lowest BCUT2D eigenvalue weighted by molar-refractivity contribution is -0.122. The van der Waals surface area contributed by atoms with Gasteiger partial charge in [0.15, 0.2) is 17.6 Å². The zero-order valence-corrected chi connectivity index (χ0v) is 13.8. The van der Waals surface area contributed by atoms with E-state index in [1.54, 1.807) is 7.05 Å². The molecule has 0 saturated carbocycles. The molecule has 2 heterocycles. The molecular weight excluding hydrogens is 310 g/mol. The lowest BCUT2D eigenvalue weighted by atomic mass is 10.1. The Labute approximate surface area is 141 Å². The second-order valence-electron chi connectivity index (χ2n) is 6.17. The van der Waals surface area contributed by atoms with Gasteiger partial charge in [-0.15, -0.1) is 0 Å². The summed E-state index contributed by atoms with van der Waals surface area (Å²) in [6.07, 6.45) is 2.30. The summed E-state index contributed by atoms with van der Waals surface area (Å²) in [6, 6.07) is 6.72. The van der Waals surface area contributed by atoms with E-state index in [4.69, 9.17) is 9.47 Å². The Balaban J connectivity index is 1.52. The van der Waals surface area contributed by atoms with E-state index in [1.165, 1.54) is 4.90 Å². The number of fused-ring (bicyclic) bond motifs is 1. The van der Waals surface area contributed by atoms with E-state index >= 15 is 0 Å². The minimum Gasteiger partial charge on any atom is -0.486 e. The van der Waals surface area contributed by atoms with Crippen molar-refractivity contribution >= 4 is 11.9 Å². The van der Waals surface area contributed by atoms with Gasteiger partial charge in [-0.05, 0) is 31.4 Å². The van der Waals surface area contributed by atoms with Crippen molar-refractivity contribution in [1.29, 1.82) is 0 Å². The number of ether oxygens (including phenoxy) is 2. The Hall–Kier alpha value is -2.44. The number of nitrogens with zero attached hydrogens (tertiary/aromatic N) is 1. The van der Waals surface area contributed by atoms with E-state index < -0.39 is 6.04 Å². The maximum absolute atomic E-state index is 12.3. The molecule has 1 aromatic rings. The number of hydrogen-bond donors (Lipinski definition) is 2. The Morgan fingerprint density at radius 1 is 1.33 bits per heavy atom. The average molecular weight is 333 g/mol. The number of carbonyl (C=O) groups is 2. The molecule has 1 aromatic carbocycles. The van der Waals surface area contributed by atoms with Gasteiger partial charge in [0.05, 0.1) is 6.54 Å². The first kappa shape index (κ1) is 16.4. The SMILES string of the molecule is CN(C[C@@H]1COc2ccccc2O1)C(=O)N[C@H]1CCCCNC1=O. The highest BCUT2D eigenvalue weighted by atomic mass is 16.6.